The van der Waals surface area contributed by atoms with Gasteiger partial charge in [0.05, 0.1) is 4.90 Å². The standard InChI is InChI=1S/C23H28FN7O2S/c24-18-5-4-6-19(17-18)27-22-9-13-26-23(28-22)29-31(20-10-14-30(15-11-20)16-12-25)34(32,33)21-7-2-1-3-8-21/h1-9,13,17,20H,10-12,14-16,25H2,(H2,26,27,28,29). The maximum absolute atomic E-state index is 13.6. The summed E-state index contributed by atoms with van der Waals surface area (Å²) in [6.07, 6.45) is 2.79. The van der Waals surface area contributed by atoms with Crippen LogP contribution in [0.2, 0.25) is 0 Å². The van der Waals surface area contributed by atoms with Crippen LogP contribution in [0.15, 0.2) is 71.8 Å². The predicted octanol–water partition coefficient (Wildman–Crippen LogP) is 2.80. The van der Waals surface area contributed by atoms with Gasteiger partial charge in [0, 0.05) is 31.0 Å². The van der Waals surface area contributed by atoms with Crippen molar-refractivity contribution in [3.63, 3.8) is 0 Å². The first-order valence-electron chi connectivity index (χ1n) is 11.1. The second-order valence-electron chi connectivity index (χ2n) is 7.99. The topological polar surface area (TPSA) is 116 Å². The van der Waals surface area contributed by atoms with E-state index in [-0.39, 0.29) is 22.7 Å². The van der Waals surface area contributed by atoms with E-state index >= 15 is 0 Å². The number of sulfonamides is 1. The lowest BCUT2D eigenvalue weighted by Gasteiger charge is -2.37. The molecule has 1 aromatic heterocycles. The van der Waals surface area contributed by atoms with Crippen LogP contribution in [0.3, 0.4) is 0 Å². The smallest absolute Gasteiger partial charge is 0.260 e. The van der Waals surface area contributed by atoms with Crippen LogP contribution in [0.4, 0.5) is 21.8 Å². The molecule has 0 atom stereocenters. The summed E-state index contributed by atoms with van der Waals surface area (Å²) in [4.78, 5) is 11.0. The number of aromatic nitrogens is 2. The Morgan fingerprint density at radius 1 is 1.09 bits per heavy atom. The molecule has 9 nitrogen and oxygen atoms in total. The lowest BCUT2D eigenvalue weighted by Crippen LogP contribution is -2.50. The van der Waals surface area contributed by atoms with Crippen molar-refractivity contribution in [1.82, 2.24) is 19.3 Å². The molecule has 0 amide bonds. The van der Waals surface area contributed by atoms with Gasteiger partial charge in [-0.2, -0.15) is 4.98 Å². The lowest BCUT2D eigenvalue weighted by molar-refractivity contribution is 0.172. The highest BCUT2D eigenvalue weighted by Crippen LogP contribution is 2.25. The second kappa shape index (κ2) is 10.9. The third-order valence-electron chi connectivity index (χ3n) is 5.60. The molecule has 0 unspecified atom stereocenters. The Kier molecular flexibility index (Phi) is 7.68. The zero-order chi connectivity index (χ0) is 24.0. The minimum Gasteiger partial charge on any atom is -0.340 e. The summed E-state index contributed by atoms with van der Waals surface area (Å²) in [6, 6.07) is 15.6. The van der Waals surface area contributed by atoms with Gasteiger partial charge < -0.3 is 16.0 Å². The van der Waals surface area contributed by atoms with E-state index in [4.69, 9.17) is 5.73 Å². The number of piperidine rings is 1. The molecule has 3 aromatic rings. The number of anilines is 3. The summed E-state index contributed by atoms with van der Waals surface area (Å²) >= 11 is 0. The van der Waals surface area contributed by atoms with Crippen molar-refractivity contribution in [2.75, 3.05) is 36.9 Å². The Hall–Kier alpha value is -3.12. The molecule has 0 radical (unpaired) electrons. The molecule has 2 aromatic carbocycles. The molecular weight excluding hydrogens is 457 g/mol. The van der Waals surface area contributed by atoms with Crippen LogP contribution in [0.25, 0.3) is 0 Å². The number of nitrogens with zero attached hydrogens (tertiary/aromatic N) is 4. The highest BCUT2D eigenvalue weighted by molar-refractivity contribution is 7.89. The molecule has 4 rings (SSSR count). The zero-order valence-corrected chi connectivity index (χ0v) is 19.5. The number of likely N-dealkylation sites (tertiary alicyclic amines) is 1. The highest BCUT2D eigenvalue weighted by Gasteiger charge is 2.34. The second-order valence-corrected chi connectivity index (χ2v) is 9.80. The fourth-order valence-corrected chi connectivity index (χ4v) is 5.44. The van der Waals surface area contributed by atoms with Crippen LogP contribution in [-0.4, -0.2) is 59.9 Å². The maximum atomic E-state index is 13.6. The van der Waals surface area contributed by atoms with Gasteiger partial charge >= 0.3 is 0 Å². The van der Waals surface area contributed by atoms with Crippen molar-refractivity contribution in [1.29, 1.82) is 0 Å². The molecule has 0 saturated carbocycles. The van der Waals surface area contributed by atoms with Gasteiger partial charge in [0.2, 0.25) is 5.95 Å². The fourth-order valence-electron chi connectivity index (χ4n) is 3.91. The SMILES string of the molecule is NCCN1CCC(N(Nc2nccc(Nc3cccc(F)c3)n2)S(=O)(=O)c2ccccc2)CC1. The van der Waals surface area contributed by atoms with E-state index < -0.39 is 10.0 Å². The zero-order valence-electron chi connectivity index (χ0n) is 18.6. The Morgan fingerprint density at radius 3 is 2.56 bits per heavy atom. The molecule has 4 N–H and O–H groups in total. The molecule has 0 spiro atoms. The molecule has 1 aliphatic heterocycles. The monoisotopic (exact) mass is 485 g/mol. The minimum absolute atomic E-state index is 0.116. The Labute approximate surface area is 198 Å². The summed E-state index contributed by atoms with van der Waals surface area (Å²) in [6.45, 7) is 2.83. The molecule has 34 heavy (non-hydrogen) atoms. The average Bonchev–Trinajstić information content (AvgIpc) is 2.84. The lowest BCUT2D eigenvalue weighted by atomic mass is 10.1. The van der Waals surface area contributed by atoms with Crippen LogP contribution >= 0.6 is 0 Å². The van der Waals surface area contributed by atoms with Crippen LogP contribution in [0.1, 0.15) is 12.8 Å². The van der Waals surface area contributed by atoms with E-state index in [0.717, 1.165) is 19.6 Å². The number of nitrogens with two attached hydrogens (primary N) is 1. The van der Waals surface area contributed by atoms with Crippen molar-refractivity contribution in [3.05, 3.63) is 72.7 Å². The van der Waals surface area contributed by atoms with Gasteiger partial charge in [-0.3, -0.25) is 5.43 Å². The molecule has 0 bridgehead atoms. The van der Waals surface area contributed by atoms with E-state index in [0.29, 0.717) is 30.9 Å². The number of nitrogens with one attached hydrogen (secondary N) is 2. The van der Waals surface area contributed by atoms with Gasteiger partial charge in [-0.25, -0.2) is 17.8 Å². The first kappa shape index (κ1) is 24.0. The molecule has 1 fully saturated rings. The first-order chi connectivity index (χ1) is 16.5. The number of rotatable bonds is 9. The van der Waals surface area contributed by atoms with Crippen LogP contribution < -0.4 is 16.5 Å². The Morgan fingerprint density at radius 2 is 1.85 bits per heavy atom. The van der Waals surface area contributed by atoms with Gasteiger partial charge in [-0.15, -0.1) is 4.41 Å². The quantitative estimate of drug-likeness (QED) is 0.396. The van der Waals surface area contributed by atoms with Gasteiger partial charge in [-0.05, 0) is 62.3 Å². The predicted molar refractivity (Wildman–Crippen MR) is 129 cm³/mol. The van der Waals surface area contributed by atoms with Crippen molar-refractivity contribution in [3.8, 4) is 0 Å². The average molecular weight is 486 g/mol. The van der Waals surface area contributed by atoms with Gasteiger partial charge in [0.1, 0.15) is 11.6 Å². The van der Waals surface area contributed by atoms with Crippen molar-refractivity contribution >= 4 is 27.5 Å². The van der Waals surface area contributed by atoms with Gasteiger partial charge in [0.25, 0.3) is 10.0 Å². The molecule has 2 heterocycles. The van der Waals surface area contributed by atoms with Crippen molar-refractivity contribution < 1.29 is 12.8 Å². The third-order valence-corrected chi connectivity index (χ3v) is 7.37. The molecule has 1 aliphatic rings. The largest absolute Gasteiger partial charge is 0.340 e. The Balaban J connectivity index is 1.58. The van der Waals surface area contributed by atoms with E-state index in [1.54, 1.807) is 48.5 Å². The number of hydrogen-bond donors (Lipinski definition) is 3. The summed E-state index contributed by atoms with van der Waals surface area (Å²) in [7, 11) is -3.88. The molecule has 0 aliphatic carbocycles. The van der Waals surface area contributed by atoms with Crippen LogP contribution in [0, 0.1) is 5.82 Å². The summed E-state index contributed by atoms with van der Waals surface area (Å²) < 4.78 is 41.9. The van der Waals surface area contributed by atoms with Crippen LogP contribution in [-0.2, 0) is 10.0 Å². The van der Waals surface area contributed by atoms with E-state index in [2.05, 4.69) is 25.6 Å². The fraction of sp³-hybridized carbons (Fsp3) is 0.304. The molecule has 11 heteroatoms. The molecule has 180 valence electrons. The first-order valence-corrected chi connectivity index (χ1v) is 12.5. The van der Waals surface area contributed by atoms with E-state index in [9.17, 15) is 12.8 Å². The van der Waals surface area contributed by atoms with E-state index in [1.165, 1.54) is 22.7 Å². The normalized spacial score (nSPS) is 15.4. The van der Waals surface area contributed by atoms with Crippen LogP contribution in [0.5, 0.6) is 0 Å². The number of halogens is 1. The van der Waals surface area contributed by atoms with Crippen molar-refractivity contribution in [2.24, 2.45) is 5.73 Å². The molecular formula is C23H28FN7O2S. The molecule has 1 saturated heterocycles. The summed E-state index contributed by atoms with van der Waals surface area (Å²) in [5.74, 6) is 0.140. The Bertz CT molecular complexity index is 1190. The van der Waals surface area contributed by atoms with Gasteiger partial charge in [-0.1, -0.05) is 24.3 Å². The number of hydrazine groups is 1. The highest BCUT2D eigenvalue weighted by atomic mass is 32.2. The van der Waals surface area contributed by atoms with Gasteiger partial charge in [0.15, 0.2) is 0 Å². The van der Waals surface area contributed by atoms with E-state index in [1.807, 2.05) is 0 Å². The number of benzene rings is 2. The summed E-state index contributed by atoms with van der Waals surface area (Å²) in [5, 5.41) is 3.01. The third kappa shape index (κ3) is 5.86. The number of hydrogen-bond acceptors (Lipinski definition) is 8. The van der Waals surface area contributed by atoms with Crippen molar-refractivity contribution in [2.45, 2.75) is 23.8 Å². The maximum Gasteiger partial charge on any atom is 0.260 e. The summed E-state index contributed by atoms with van der Waals surface area (Å²) in [5.41, 5.74) is 9.13. The minimum atomic E-state index is -3.88.